The third-order valence-electron chi connectivity index (χ3n) is 4.24. The van der Waals surface area contributed by atoms with E-state index in [9.17, 15) is 4.79 Å². The second-order valence-electron chi connectivity index (χ2n) is 5.42. The summed E-state index contributed by atoms with van der Waals surface area (Å²) in [6, 6.07) is 8.05. The molecule has 1 aliphatic carbocycles. The number of carbonyl (C=O) groups excluding carboxylic acids is 1. The van der Waals surface area contributed by atoms with E-state index in [1.807, 2.05) is 31.2 Å². The highest BCUT2D eigenvalue weighted by atomic mass is 16.1. The predicted molar refractivity (Wildman–Crippen MR) is 74.4 cm³/mol. The lowest BCUT2D eigenvalue weighted by Gasteiger charge is -2.41. The molecule has 0 heterocycles. The molecule has 0 bridgehead atoms. The van der Waals surface area contributed by atoms with E-state index >= 15 is 0 Å². The minimum absolute atomic E-state index is 0.224. The number of hydrogen-bond donors (Lipinski definition) is 2. The number of anilines is 1. The van der Waals surface area contributed by atoms with Gasteiger partial charge in [0.05, 0.1) is 0 Å². The maximum atomic E-state index is 12.0. The van der Waals surface area contributed by atoms with Gasteiger partial charge in [0, 0.05) is 5.69 Å². The molecule has 0 radical (unpaired) electrons. The van der Waals surface area contributed by atoms with Crippen LogP contribution in [0.5, 0.6) is 0 Å². The summed E-state index contributed by atoms with van der Waals surface area (Å²) < 4.78 is 0. The van der Waals surface area contributed by atoms with Crippen molar-refractivity contribution in [1.82, 2.24) is 0 Å². The quantitative estimate of drug-likeness (QED) is 0.861. The standard InChI is InChI=1S/C15H22N2O/c1-11-7-3-4-9-13(11)17-15(14(16)18)10-6-5-8-12(15)2/h3-4,7,9,12,17H,5-6,8,10H2,1-2H3,(H2,16,18). The van der Waals surface area contributed by atoms with Crippen molar-refractivity contribution in [2.45, 2.75) is 45.1 Å². The summed E-state index contributed by atoms with van der Waals surface area (Å²) in [7, 11) is 0. The maximum Gasteiger partial charge on any atom is 0.243 e. The largest absolute Gasteiger partial charge is 0.371 e. The number of primary amides is 1. The van der Waals surface area contributed by atoms with Crippen molar-refractivity contribution in [1.29, 1.82) is 0 Å². The van der Waals surface area contributed by atoms with Crippen LogP contribution in [0.25, 0.3) is 0 Å². The first-order chi connectivity index (χ1) is 8.56. The van der Waals surface area contributed by atoms with E-state index in [1.54, 1.807) is 0 Å². The van der Waals surface area contributed by atoms with Gasteiger partial charge in [0.1, 0.15) is 5.54 Å². The molecule has 1 saturated carbocycles. The molecule has 1 aromatic rings. The average molecular weight is 246 g/mol. The number of para-hydroxylation sites is 1. The molecule has 1 amide bonds. The van der Waals surface area contributed by atoms with Gasteiger partial charge in [-0.05, 0) is 37.3 Å². The molecule has 2 atom stereocenters. The number of amides is 1. The zero-order chi connectivity index (χ0) is 13.2. The topological polar surface area (TPSA) is 55.1 Å². The Kier molecular flexibility index (Phi) is 3.60. The summed E-state index contributed by atoms with van der Waals surface area (Å²) >= 11 is 0. The molecule has 1 aromatic carbocycles. The molecule has 0 saturated heterocycles. The number of rotatable bonds is 3. The minimum atomic E-state index is -0.579. The Morgan fingerprint density at radius 1 is 1.39 bits per heavy atom. The van der Waals surface area contributed by atoms with Crippen molar-refractivity contribution in [3.8, 4) is 0 Å². The first kappa shape index (κ1) is 12.9. The number of aryl methyl sites for hydroxylation is 1. The smallest absolute Gasteiger partial charge is 0.243 e. The van der Waals surface area contributed by atoms with Crippen LogP contribution in [0.3, 0.4) is 0 Å². The summed E-state index contributed by atoms with van der Waals surface area (Å²) in [5.74, 6) is 0.0568. The monoisotopic (exact) mass is 246 g/mol. The fraction of sp³-hybridized carbons (Fsp3) is 0.533. The van der Waals surface area contributed by atoms with Gasteiger partial charge in [0.2, 0.25) is 5.91 Å². The van der Waals surface area contributed by atoms with E-state index < -0.39 is 5.54 Å². The van der Waals surface area contributed by atoms with Crippen LogP contribution in [0.2, 0.25) is 0 Å². The molecule has 3 N–H and O–H groups in total. The number of nitrogens with two attached hydrogens (primary N) is 1. The number of carbonyl (C=O) groups is 1. The Hall–Kier alpha value is -1.51. The van der Waals surface area contributed by atoms with Crippen molar-refractivity contribution < 1.29 is 4.79 Å². The lowest BCUT2D eigenvalue weighted by atomic mass is 9.73. The van der Waals surface area contributed by atoms with E-state index in [-0.39, 0.29) is 11.8 Å². The minimum Gasteiger partial charge on any atom is -0.371 e. The van der Waals surface area contributed by atoms with Gasteiger partial charge in [0.25, 0.3) is 0 Å². The molecule has 0 aromatic heterocycles. The molecule has 3 nitrogen and oxygen atoms in total. The van der Waals surface area contributed by atoms with Gasteiger partial charge in [-0.2, -0.15) is 0 Å². The first-order valence-electron chi connectivity index (χ1n) is 6.70. The molecule has 3 heteroatoms. The van der Waals surface area contributed by atoms with Crippen molar-refractivity contribution in [3.05, 3.63) is 29.8 Å². The highest BCUT2D eigenvalue weighted by molar-refractivity contribution is 5.88. The second-order valence-corrected chi connectivity index (χ2v) is 5.42. The van der Waals surface area contributed by atoms with Crippen LogP contribution in [-0.2, 0) is 4.79 Å². The highest BCUT2D eigenvalue weighted by Crippen LogP contribution is 2.36. The van der Waals surface area contributed by atoms with Crippen LogP contribution in [0.4, 0.5) is 5.69 Å². The van der Waals surface area contributed by atoms with Gasteiger partial charge in [0.15, 0.2) is 0 Å². The SMILES string of the molecule is Cc1ccccc1NC1(C(N)=O)CCCCC1C. The summed E-state index contributed by atoms with van der Waals surface area (Å²) in [4.78, 5) is 12.0. The molecule has 1 aliphatic rings. The van der Waals surface area contributed by atoms with Crippen molar-refractivity contribution >= 4 is 11.6 Å². The fourth-order valence-corrected chi connectivity index (χ4v) is 2.91. The fourth-order valence-electron chi connectivity index (χ4n) is 2.91. The third-order valence-corrected chi connectivity index (χ3v) is 4.24. The summed E-state index contributed by atoms with van der Waals surface area (Å²) in [6.07, 6.45) is 4.14. The second kappa shape index (κ2) is 5.01. The Bertz CT molecular complexity index is 444. The van der Waals surface area contributed by atoms with Crippen LogP contribution < -0.4 is 11.1 Å². The molecular weight excluding hydrogens is 224 g/mol. The lowest BCUT2D eigenvalue weighted by Crippen LogP contribution is -2.56. The van der Waals surface area contributed by atoms with Crippen LogP contribution in [0.1, 0.15) is 38.2 Å². The molecule has 0 spiro atoms. The number of hydrogen-bond acceptors (Lipinski definition) is 2. The highest BCUT2D eigenvalue weighted by Gasteiger charge is 2.43. The van der Waals surface area contributed by atoms with Crippen LogP contribution in [0.15, 0.2) is 24.3 Å². The first-order valence-corrected chi connectivity index (χ1v) is 6.70. The van der Waals surface area contributed by atoms with E-state index in [0.29, 0.717) is 0 Å². The molecule has 1 fully saturated rings. The van der Waals surface area contributed by atoms with Gasteiger partial charge >= 0.3 is 0 Å². The van der Waals surface area contributed by atoms with E-state index in [2.05, 4.69) is 12.2 Å². The van der Waals surface area contributed by atoms with Gasteiger partial charge in [-0.25, -0.2) is 0 Å². The molecular formula is C15H22N2O. The summed E-state index contributed by atoms with van der Waals surface area (Å²) in [5, 5.41) is 3.44. The molecule has 2 unspecified atom stereocenters. The van der Waals surface area contributed by atoms with Crippen LogP contribution in [0, 0.1) is 12.8 Å². The van der Waals surface area contributed by atoms with Crippen LogP contribution >= 0.6 is 0 Å². The van der Waals surface area contributed by atoms with E-state index in [4.69, 9.17) is 5.73 Å². The molecule has 18 heavy (non-hydrogen) atoms. The average Bonchev–Trinajstić information content (AvgIpc) is 2.34. The lowest BCUT2D eigenvalue weighted by molar-refractivity contribution is -0.124. The molecule has 0 aliphatic heterocycles. The van der Waals surface area contributed by atoms with Gasteiger partial charge < -0.3 is 11.1 Å². The van der Waals surface area contributed by atoms with Crippen molar-refractivity contribution in [2.75, 3.05) is 5.32 Å². The summed E-state index contributed by atoms with van der Waals surface area (Å²) in [6.45, 7) is 4.17. The Labute approximate surface area is 109 Å². The van der Waals surface area contributed by atoms with Crippen LogP contribution in [-0.4, -0.2) is 11.4 Å². The normalized spacial score (nSPS) is 27.8. The maximum absolute atomic E-state index is 12.0. The van der Waals surface area contributed by atoms with E-state index in [1.165, 1.54) is 6.42 Å². The van der Waals surface area contributed by atoms with Gasteiger partial charge in [-0.15, -0.1) is 0 Å². The van der Waals surface area contributed by atoms with Gasteiger partial charge in [-0.1, -0.05) is 38.0 Å². The zero-order valence-corrected chi connectivity index (χ0v) is 11.2. The zero-order valence-electron chi connectivity index (χ0n) is 11.2. The van der Waals surface area contributed by atoms with Crippen molar-refractivity contribution in [2.24, 2.45) is 11.7 Å². The number of nitrogens with one attached hydrogen (secondary N) is 1. The summed E-state index contributed by atoms with van der Waals surface area (Å²) in [5.41, 5.74) is 7.28. The van der Waals surface area contributed by atoms with Gasteiger partial charge in [-0.3, -0.25) is 4.79 Å². The predicted octanol–water partition coefficient (Wildman–Crippen LogP) is 2.84. The Morgan fingerprint density at radius 2 is 2.11 bits per heavy atom. The third kappa shape index (κ3) is 2.22. The Balaban J connectivity index is 2.32. The molecule has 2 rings (SSSR count). The number of benzene rings is 1. The van der Waals surface area contributed by atoms with Crippen molar-refractivity contribution in [3.63, 3.8) is 0 Å². The molecule has 98 valence electrons. The van der Waals surface area contributed by atoms with E-state index in [0.717, 1.165) is 30.5 Å². The Morgan fingerprint density at radius 3 is 2.72 bits per heavy atom.